The number of ether oxygens (including phenoxy) is 3. The van der Waals surface area contributed by atoms with Crippen molar-refractivity contribution in [3.8, 4) is 17.2 Å². The molecule has 0 aromatic heterocycles. The first-order chi connectivity index (χ1) is 13.5. The van der Waals surface area contributed by atoms with Crippen LogP contribution in [0.15, 0.2) is 12.1 Å². The molecule has 5 rings (SSSR count). The molecule has 4 fully saturated rings. The molecule has 2 N–H and O–H groups in total. The molecule has 0 heterocycles. The summed E-state index contributed by atoms with van der Waals surface area (Å²) in [5.74, 6) is 4.58. The maximum Gasteiger partial charge on any atom is 0.315 e. The zero-order valence-electron chi connectivity index (χ0n) is 17.2. The molecule has 0 saturated heterocycles. The van der Waals surface area contributed by atoms with Crippen molar-refractivity contribution in [3.63, 3.8) is 0 Å². The zero-order valence-corrected chi connectivity index (χ0v) is 17.2. The van der Waals surface area contributed by atoms with Gasteiger partial charge in [-0.1, -0.05) is 0 Å². The Bertz CT molecular complexity index is 698. The average Bonchev–Trinajstić information content (AvgIpc) is 2.69. The van der Waals surface area contributed by atoms with Crippen molar-refractivity contribution in [2.45, 2.75) is 45.1 Å². The van der Waals surface area contributed by atoms with Crippen LogP contribution in [0, 0.1) is 23.2 Å². The van der Waals surface area contributed by atoms with Gasteiger partial charge in [0, 0.05) is 24.7 Å². The lowest BCUT2D eigenvalue weighted by Crippen LogP contribution is -2.52. The molecular formula is C22H32N2O4. The van der Waals surface area contributed by atoms with E-state index in [-0.39, 0.29) is 6.03 Å². The molecule has 2 amide bonds. The minimum absolute atomic E-state index is 0.118. The van der Waals surface area contributed by atoms with Crippen LogP contribution in [0.25, 0.3) is 0 Å². The fourth-order valence-corrected chi connectivity index (χ4v) is 6.24. The number of carbonyl (C=O) groups excluding carboxylic acids is 1. The quantitative estimate of drug-likeness (QED) is 0.747. The first-order valence-electron chi connectivity index (χ1n) is 10.3. The molecule has 0 spiro atoms. The monoisotopic (exact) mass is 388 g/mol. The molecule has 4 bridgehead atoms. The first kappa shape index (κ1) is 19.2. The number of urea groups is 1. The van der Waals surface area contributed by atoms with Gasteiger partial charge in [0.05, 0.1) is 21.3 Å². The van der Waals surface area contributed by atoms with Crippen molar-refractivity contribution in [2.75, 3.05) is 27.9 Å². The van der Waals surface area contributed by atoms with Crippen LogP contribution in [0.3, 0.4) is 0 Å². The van der Waals surface area contributed by atoms with E-state index in [0.717, 1.165) is 29.9 Å². The van der Waals surface area contributed by atoms with E-state index in [4.69, 9.17) is 14.2 Å². The largest absolute Gasteiger partial charge is 0.496 e. The second-order valence-corrected chi connectivity index (χ2v) is 8.97. The van der Waals surface area contributed by atoms with Crippen LogP contribution >= 0.6 is 0 Å². The third kappa shape index (κ3) is 3.74. The van der Waals surface area contributed by atoms with Gasteiger partial charge >= 0.3 is 6.03 Å². The third-order valence-corrected chi connectivity index (χ3v) is 7.01. The number of hydrogen-bond donors (Lipinski definition) is 2. The topological polar surface area (TPSA) is 68.8 Å². The van der Waals surface area contributed by atoms with Gasteiger partial charge in [-0.25, -0.2) is 4.79 Å². The fourth-order valence-electron chi connectivity index (χ4n) is 6.24. The summed E-state index contributed by atoms with van der Waals surface area (Å²) >= 11 is 0. The standard InChI is InChI=1S/C22H32N2O4/c1-26-18-8-20(28-3)19(27-2)7-17(18)12-23-21(25)24-13-22-9-14-4-15(10-22)6-16(5-14)11-22/h7-8,14-16H,4-6,9-13H2,1-3H3,(H2,23,24,25). The number of hydrogen-bond acceptors (Lipinski definition) is 4. The van der Waals surface area contributed by atoms with Crippen molar-refractivity contribution in [2.24, 2.45) is 23.2 Å². The van der Waals surface area contributed by atoms with Gasteiger partial charge in [-0.05, 0) is 67.8 Å². The predicted octanol–water partition coefficient (Wildman–Crippen LogP) is 3.73. The Hall–Kier alpha value is -2.11. The Labute approximate surface area is 167 Å². The molecule has 1 aromatic rings. The van der Waals surface area contributed by atoms with Gasteiger partial charge in [-0.15, -0.1) is 0 Å². The zero-order chi connectivity index (χ0) is 19.7. The molecule has 0 unspecified atom stereocenters. The highest BCUT2D eigenvalue weighted by Gasteiger charge is 2.50. The SMILES string of the molecule is COc1cc(OC)c(OC)cc1CNC(=O)NCC12CC3CC(CC(C3)C1)C2. The molecule has 154 valence electrons. The summed E-state index contributed by atoms with van der Waals surface area (Å²) in [6, 6.07) is 3.51. The smallest absolute Gasteiger partial charge is 0.315 e. The van der Waals surface area contributed by atoms with Crippen molar-refractivity contribution in [1.82, 2.24) is 10.6 Å². The first-order valence-corrected chi connectivity index (χ1v) is 10.3. The Balaban J connectivity index is 1.34. The third-order valence-electron chi connectivity index (χ3n) is 7.01. The van der Waals surface area contributed by atoms with Gasteiger partial charge in [0.15, 0.2) is 11.5 Å². The number of rotatable bonds is 7. The minimum atomic E-state index is -0.118. The minimum Gasteiger partial charge on any atom is -0.496 e. The maximum atomic E-state index is 12.5. The number of nitrogens with one attached hydrogen (secondary N) is 2. The van der Waals surface area contributed by atoms with Crippen LogP contribution in [0.5, 0.6) is 17.2 Å². The predicted molar refractivity (Wildman–Crippen MR) is 107 cm³/mol. The molecule has 28 heavy (non-hydrogen) atoms. The van der Waals surface area contributed by atoms with E-state index in [1.807, 2.05) is 6.07 Å². The lowest BCUT2D eigenvalue weighted by atomic mass is 9.49. The molecule has 6 nitrogen and oxygen atoms in total. The molecule has 1 aromatic carbocycles. The highest BCUT2D eigenvalue weighted by Crippen LogP contribution is 2.59. The maximum absolute atomic E-state index is 12.5. The van der Waals surface area contributed by atoms with Crippen LogP contribution in [-0.2, 0) is 6.54 Å². The number of methoxy groups -OCH3 is 3. The van der Waals surface area contributed by atoms with Crippen LogP contribution < -0.4 is 24.8 Å². The second-order valence-electron chi connectivity index (χ2n) is 8.97. The van der Waals surface area contributed by atoms with Crippen LogP contribution in [0.2, 0.25) is 0 Å². The van der Waals surface area contributed by atoms with Gasteiger partial charge in [0.1, 0.15) is 5.75 Å². The molecule has 0 aliphatic heterocycles. The number of benzene rings is 1. The van der Waals surface area contributed by atoms with Crippen LogP contribution in [0.1, 0.15) is 44.1 Å². The van der Waals surface area contributed by atoms with E-state index in [0.29, 0.717) is 29.2 Å². The van der Waals surface area contributed by atoms with E-state index in [1.54, 1.807) is 27.4 Å². The lowest BCUT2D eigenvalue weighted by molar-refractivity contribution is -0.0498. The normalized spacial score (nSPS) is 30.0. The summed E-state index contributed by atoms with van der Waals surface area (Å²) in [6.07, 6.45) is 8.15. The van der Waals surface area contributed by atoms with Crippen molar-refractivity contribution in [3.05, 3.63) is 17.7 Å². The molecule has 6 heteroatoms. The van der Waals surface area contributed by atoms with E-state index in [2.05, 4.69) is 10.6 Å². The summed E-state index contributed by atoms with van der Waals surface area (Å²) in [5, 5.41) is 6.12. The van der Waals surface area contributed by atoms with E-state index in [1.165, 1.54) is 38.5 Å². The highest BCUT2D eigenvalue weighted by atomic mass is 16.5. The van der Waals surface area contributed by atoms with Crippen molar-refractivity contribution >= 4 is 6.03 Å². The van der Waals surface area contributed by atoms with Crippen LogP contribution in [-0.4, -0.2) is 33.9 Å². The van der Waals surface area contributed by atoms with E-state index < -0.39 is 0 Å². The van der Waals surface area contributed by atoms with Crippen molar-refractivity contribution in [1.29, 1.82) is 0 Å². The average molecular weight is 389 g/mol. The number of amides is 2. The van der Waals surface area contributed by atoms with Crippen molar-refractivity contribution < 1.29 is 19.0 Å². The Morgan fingerprint density at radius 2 is 1.43 bits per heavy atom. The Kier molecular flexibility index (Phi) is 5.30. The summed E-state index contributed by atoms with van der Waals surface area (Å²) in [4.78, 5) is 12.5. The summed E-state index contributed by atoms with van der Waals surface area (Å²) in [7, 11) is 4.80. The summed E-state index contributed by atoms with van der Waals surface area (Å²) in [6.45, 7) is 1.17. The molecule has 4 aliphatic rings. The van der Waals surface area contributed by atoms with Gasteiger partial charge in [0.2, 0.25) is 0 Å². The number of carbonyl (C=O) groups is 1. The van der Waals surface area contributed by atoms with Gasteiger partial charge < -0.3 is 24.8 Å². The highest BCUT2D eigenvalue weighted by molar-refractivity contribution is 5.74. The van der Waals surface area contributed by atoms with Gasteiger partial charge in [0.25, 0.3) is 0 Å². The molecular weight excluding hydrogens is 356 g/mol. The summed E-state index contributed by atoms with van der Waals surface area (Å²) < 4.78 is 16.1. The van der Waals surface area contributed by atoms with Crippen LogP contribution in [0.4, 0.5) is 4.79 Å². The molecule has 0 radical (unpaired) electrons. The van der Waals surface area contributed by atoms with Gasteiger partial charge in [-0.3, -0.25) is 0 Å². The van der Waals surface area contributed by atoms with E-state index >= 15 is 0 Å². The van der Waals surface area contributed by atoms with E-state index in [9.17, 15) is 4.79 Å². The lowest BCUT2D eigenvalue weighted by Gasteiger charge is -2.56. The molecule has 4 saturated carbocycles. The fraction of sp³-hybridized carbons (Fsp3) is 0.682. The molecule has 4 aliphatic carbocycles. The Morgan fingerprint density at radius 3 is 1.96 bits per heavy atom. The summed E-state index contributed by atoms with van der Waals surface area (Å²) in [5.41, 5.74) is 1.19. The molecule has 0 atom stereocenters. The van der Waals surface area contributed by atoms with Gasteiger partial charge in [-0.2, -0.15) is 0 Å². The second kappa shape index (κ2) is 7.72. The Morgan fingerprint density at radius 1 is 0.893 bits per heavy atom.